The van der Waals surface area contributed by atoms with Crippen LogP contribution in [0.5, 0.6) is 11.5 Å². The standard InChI is InChI=1S/C21H22N2O4/c1-14-3-2-4-15(11-14)13-22-19(24)21(7-8-21)20(25)23-16-5-6-17-18(12-16)27-10-9-26-17/h2-6,11-12H,7-10,13H2,1H3,(H,22,24)(H,23,25). The predicted octanol–water partition coefficient (Wildman–Crippen LogP) is 2.80. The molecule has 6 heteroatoms. The van der Waals surface area contributed by atoms with Gasteiger partial charge in [0.1, 0.15) is 18.6 Å². The molecule has 0 aromatic heterocycles. The van der Waals surface area contributed by atoms with Crippen LogP contribution in [-0.2, 0) is 16.1 Å². The Labute approximate surface area is 157 Å². The molecule has 1 heterocycles. The minimum absolute atomic E-state index is 0.223. The molecule has 1 fully saturated rings. The van der Waals surface area contributed by atoms with Gasteiger partial charge in [-0.2, -0.15) is 0 Å². The third-order valence-electron chi connectivity index (χ3n) is 4.95. The number of ether oxygens (including phenoxy) is 2. The molecule has 27 heavy (non-hydrogen) atoms. The average molecular weight is 366 g/mol. The highest BCUT2D eigenvalue weighted by atomic mass is 16.6. The molecule has 2 N–H and O–H groups in total. The van der Waals surface area contributed by atoms with Crippen molar-refractivity contribution in [3.05, 3.63) is 53.6 Å². The van der Waals surface area contributed by atoms with Gasteiger partial charge >= 0.3 is 0 Å². The molecule has 0 unspecified atom stereocenters. The zero-order chi connectivity index (χ0) is 18.9. The molecule has 0 bridgehead atoms. The molecule has 0 spiro atoms. The molecular formula is C21H22N2O4. The minimum Gasteiger partial charge on any atom is -0.486 e. The summed E-state index contributed by atoms with van der Waals surface area (Å²) >= 11 is 0. The molecule has 1 aliphatic carbocycles. The Bertz CT molecular complexity index is 890. The van der Waals surface area contributed by atoms with E-state index >= 15 is 0 Å². The van der Waals surface area contributed by atoms with Gasteiger partial charge in [-0.05, 0) is 37.5 Å². The highest BCUT2D eigenvalue weighted by Crippen LogP contribution is 2.47. The van der Waals surface area contributed by atoms with E-state index in [2.05, 4.69) is 10.6 Å². The Morgan fingerprint density at radius 1 is 1.00 bits per heavy atom. The lowest BCUT2D eigenvalue weighted by Crippen LogP contribution is -2.39. The van der Waals surface area contributed by atoms with Gasteiger partial charge in [0.25, 0.3) is 0 Å². The molecule has 4 rings (SSSR count). The van der Waals surface area contributed by atoms with Gasteiger partial charge in [0.15, 0.2) is 11.5 Å². The molecule has 6 nitrogen and oxygen atoms in total. The lowest BCUT2D eigenvalue weighted by molar-refractivity contribution is -0.134. The zero-order valence-electron chi connectivity index (χ0n) is 15.2. The van der Waals surface area contributed by atoms with Crippen LogP contribution in [-0.4, -0.2) is 25.0 Å². The van der Waals surface area contributed by atoms with Crippen molar-refractivity contribution in [2.45, 2.75) is 26.3 Å². The summed E-state index contributed by atoms with van der Waals surface area (Å²) in [6.45, 7) is 3.42. The van der Waals surface area contributed by atoms with Gasteiger partial charge in [-0.25, -0.2) is 0 Å². The summed E-state index contributed by atoms with van der Waals surface area (Å²) in [4.78, 5) is 25.4. The molecule has 140 valence electrons. The number of hydrogen-bond donors (Lipinski definition) is 2. The van der Waals surface area contributed by atoms with E-state index in [1.165, 1.54) is 0 Å². The summed E-state index contributed by atoms with van der Waals surface area (Å²) < 4.78 is 11.0. The highest BCUT2D eigenvalue weighted by molar-refractivity contribution is 6.13. The monoisotopic (exact) mass is 366 g/mol. The van der Waals surface area contributed by atoms with E-state index in [0.717, 1.165) is 11.1 Å². The number of benzene rings is 2. The van der Waals surface area contributed by atoms with Crippen molar-refractivity contribution in [2.75, 3.05) is 18.5 Å². The number of hydrogen-bond acceptors (Lipinski definition) is 4. The van der Waals surface area contributed by atoms with E-state index in [4.69, 9.17) is 9.47 Å². The van der Waals surface area contributed by atoms with Gasteiger partial charge in [0, 0.05) is 18.3 Å². The van der Waals surface area contributed by atoms with Crippen LogP contribution in [0.3, 0.4) is 0 Å². The third kappa shape index (κ3) is 3.60. The van der Waals surface area contributed by atoms with Crippen LogP contribution in [0.25, 0.3) is 0 Å². The molecule has 0 saturated heterocycles. The zero-order valence-corrected chi connectivity index (χ0v) is 15.2. The van der Waals surface area contributed by atoms with Crippen LogP contribution in [0.15, 0.2) is 42.5 Å². The van der Waals surface area contributed by atoms with Crippen LogP contribution in [0.2, 0.25) is 0 Å². The quantitative estimate of drug-likeness (QED) is 0.798. The van der Waals surface area contributed by atoms with Crippen LogP contribution < -0.4 is 20.1 Å². The fourth-order valence-electron chi connectivity index (χ4n) is 3.23. The summed E-state index contributed by atoms with van der Waals surface area (Å²) in [6.07, 6.45) is 1.12. The van der Waals surface area contributed by atoms with E-state index in [-0.39, 0.29) is 11.8 Å². The first kappa shape index (κ1) is 17.4. The molecular weight excluding hydrogens is 344 g/mol. The van der Waals surface area contributed by atoms with Crippen molar-refractivity contribution in [1.29, 1.82) is 0 Å². The maximum atomic E-state index is 12.7. The molecule has 1 aliphatic heterocycles. The van der Waals surface area contributed by atoms with Gasteiger partial charge in [-0.3, -0.25) is 9.59 Å². The topological polar surface area (TPSA) is 76.7 Å². The van der Waals surface area contributed by atoms with Crippen molar-refractivity contribution in [2.24, 2.45) is 5.41 Å². The Kier molecular flexibility index (Phi) is 4.48. The predicted molar refractivity (Wildman–Crippen MR) is 101 cm³/mol. The summed E-state index contributed by atoms with van der Waals surface area (Å²) in [5.74, 6) is 0.768. The van der Waals surface area contributed by atoms with Crippen LogP contribution in [0.1, 0.15) is 24.0 Å². The van der Waals surface area contributed by atoms with E-state index in [9.17, 15) is 9.59 Å². The Morgan fingerprint density at radius 2 is 1.78 bits per heavy atom. The number of amides is 2. The van der Waals surface area contributed by atoms with Gasteiger partial charge in [-0.1, -0.05) is 29.8 Å². The van der Waals surface area contributed by atoms with Crippen molar-refractivity contribution in [3.8, 4) is 11.5 Å². The lowest BCUT2D eigenvalue weighted by Gasteiger charge is -2.20. The molecule has 0 radical (unpaired) electrons. The minimum atomic E-state index is -0.975. The number of rotatable bonds is 5. The fraction of sp³-hybridized carbons (Fsp3) is 0.333. The Morgan fingerprint density at radius 3 is 2.52 bits per heavy atom. The van der Waals surface area contributed by atoms with Crippen molar-refractivity contribution < 1.29 is 19.1 Å². The summed E-state index contributed by atoms with van der Waals surface area (Å²) in [6, 6.07) is 13.2. The van der Waals surface area contributed by atoms with Gasteiger partial charge in [0.05, 0.1) is 0 Å². The number of fused-ring (bicyclic) bond motifs is 1. The lowest BCUT2D eigenvalue weighted by atomic mass is 10.0. The van der Waals surface area contributed by atoms with Crippen LogP contribution in [0.4, 0.5) is 5.69 Å². The maximum Gasteiger partial charge on any atom is 0.240 e. The molecule has 2 aliphatic rings. The molecule has 2 aromatic carbocycles. The van der Waals surface area contributed by atoms with Gasteiger partial charge in [-0.15, -0.1) is 0 Å². The fourth-order valence-corrected chi connectivity index (χ4v) is 3.23. The van der Waals surface area contributed by atoms with E-state index in [1.807, 2.05) is 31.2 Å². The number of anilines is 1. The number of aryl methyl sites for hydroxylation is 1. The normalized spacial score (nSPS) is 16.3. The van der Waals surface area contributed by atoms with E-state index in [1.54, 1.807) is 18.2 Å². The number of carbonyl (C=O) groups excluding carboxylic acids is 2. The first-order valence-electron chi connectivity index (χ1n) is 9.12. The first-order valence-corrected chi connectivity index (χ1v) is 9.12. The van der Waals surface area contributed by atoms with Crippen molar-refractivity contribution in [3.63, 3.8) is 0 Å². The molecule has 2 amide bonds. The Hall–Kier alpha value is -3.02. The second-order valence-corrected chi connectivity index (χ2v) is 7.07. The van der Waals surface area contributed by atoms with Gasteiger partial charge < -0.3 is 20.1 Å². The van der Waals surface area contributed by atoms with Crippen LogP contribution >= 0.6 is 0 Å². The third-order valence-corrected chi connectivity index (χ3v) is 4.95. The highest BCUT2D eigenvalue weighted by Gasteiger charge is 2.56. The SMILES string of the molecule is Cc1cccc(CNC(=O)C2(C(=O)Nc3ccc4c(c3)OCCO4)CC2)c1. The Balaban J connectivity index is 1.39. The molecule has 2 aromatic rings. The number of carbonyl (C=O) groups is 2. The molecule has 1 saturated carbocycles. The second kappa shape index (κ2) is 6.95. The number of nitrogens with one attached hydrogen (secondary N) is 2. The van der Waals surface area contributed by atoms with Crippen molar-refractivity contribution >= 4 is 17.5 Å². The van der Waals surface area contributed by atoms with E-state index in [0.29, 0.717) is 49.8 Å². The van der Waals surface area contributed by atoms with Crippen molar-refractivity contribution in [1.82, 2.24) is 5.32 Å². The summed E-state index contributed by atoms with van der Waals surface area (Å²) in [5.41, 5.74) is 1.78. The summed E-state index contributed by atoms with van der Waals surface area (Å²) in [7, 11) is 0. The molecule has 0 atom stereocenters. The first-order chi connectivity index (χ1) is 13.1. The maximum absolute atomic E-state index is 12.7. The van der Waals surface area contributed by atoms with Gasteiger partial charge in [0.2, 0.25) is 11.8 Å². The van der Waals surface area contributed by atoms with E-state index < -0.39 is 5.41 Å². The largest absolute Gasteiger partial charge is 0.486 e. The smallest absolute Gasteiger partial charge is 0.240 e. The average Bonchev–Trinajstić information content (AvgIpc) is 3.48. The second-order valence-electron chi connectivity index (χ2n) is 7.07. The summed E-state index contributed by atoms with van der Waals surface area (Å²) in [5, 5.41) is 5.75. The van der Waals surface area contributed by atoms with Crippen LogP contribution in [0, 0.1) is 12.3 Å².